The Bertz CT molecular complexity index is 1920. The number of hydrogen-bond donors (Lipinski definition) is 1. The number of nitrogens with two attached hydrogens (primary N) is 1. The fourth-order valence-corrected chi connectivity index (χ4v) is 7.18. The van der Waals surface area contributed by atoms with Crippen LogP contribution in [0.15, 0.2) is 66.5 Å². The van der Waals surface area contributed by atoms with Gasteiger partial charge in [-0.1, -0.05) is 18.2 Å². The van der Waals surface area contributed by atoms with Gasteiger partial charge in [0.1, 0.15) is 46.8 Å². The molecule has 254 valence electrons. The number of piperidine rings is 1. The third kappa shape index (κ3) is 6.59. The summed E-state index contributed by atoms with van der Waals surface area (Å²) in [4.78, 5) is 29.1. The summed E-state index contributed by atoms with van der Waals surface area (Å²) in [5.74, 6) is 0.264. The number of nitriles is 1. The van der Waals surface area contributed by atoms with Crippen LogP contribution in [-0.4, -0.2) is 104 Å². The van der Waals surface area contributed by atoms with Crippen molar-refractivity contribution in [2.45, 2.75) is 44.3 Å². The predicted molar refractivity (Wildman–Crippen MR) is 182 cm³/mol. The van der Waals surface area contributed by atoms with Crippen LogP contribution in [0, 0.1) is 17.1 Å². The number of likely N-dealkylation sites (tertiary alicyclic amines) is 1. The fraction of sp³-hybridized carbons (Fsp3) is 0.417. The van der Waals surface area contributed by atoms with E-state index in [2.05, 4.69) is 39.7 Å². The number of morpholine rings is 1. The van der Waals surface area contributed by atoms with Crippen LogP contribution in [0.4, 0.5) is 10.2 Å². The van der Waals surface area contributed by atoms with Gasteiger partial charge in [0.25, 0.3) is 5.91 Å². The molecule has 0 spiro atoms. The van der Waals surface area contributed by atoms with Gasteiger partial charge in [0.2, 0.25) is 0 Å². The average molecular weight is 666 g/mol. The maximum Gasteiger partial charge on any atom is 0.264 e. The normalized spacial score (nSPS) is 20.9. The quantitative estimate of drug-likeness (QED) is 0.223. The standard InChI is InChI=1S/C36H40FN9O3/c1-36(2,45-14-13-43-15-16-48-22-26(43)21-45)18-24(19-38)35(47)44-12-6-7-25(20-44)46-34-31(33(39)40-23-41-34)32(42-46)29-11-10-28(17-30(29)37)49-27-8-4-3-5-9-27/h3-5,8-11,17-18,23,25-26H,6-7,12-16,20-22H2,1-2H3,(H2,39,40,41)/t25-,26-/m1/s1. The Morgan fingerprint density at radius 3 is 2.71 bits per heavy atom. The number of nitrogen functional groups attached to an aromatic ring is 1. The van der Waals surface area contributed by atoms with E-state index >= 15 is 4.39 Å². The number of carbonyl (C=O) groups excluding carboxylic acids is 1. The van der Waals surface area contributed by atoms with Crippen LogP contribution in [0.1, 0.15) is 32.7 Å². The van der Waals surface area contributed by atoms with E-state index in [-0.39, 0.29) is 28.9 Å². The zero-order chi connectivity index (χ0) is 34.1. The highest BCUT2D eigenvalue weighted by Crippen LogP contribution is 2.36. The van der Waals surface area contributed by atoms with Crippen LogP contribution < -0.4 is 10.5 Å². The predicted octanol–water partition coefficient (Wildman–Crippen LogP) is 4.42. The molecule has 5 heterocycles. The monoisotopic (exact) mass is 665 g/mol. The van der Waals surface area contributed by atoms with Gasteiger partial charge in [-0.05, 0) is 57.0 Å². The topological polar surface area (TPSA) is 139 Å². The molecule has 2 atom stereocenters. The Balaban J connectivity index is 1.13. The fourth-order valence-electron chi connectivity index (χ4n) is 7.18. The van der Waals surface area contributed by atoms with Gasteiger partial charge < -0.3 is 20.1 Å². The lowest BCUT2D eigenvalue weighted by molar-refractivity contribution is -0.128. The van der Waals surface area contributed by atoms with E-state index in [4.69, 9.17) is 20.3 Å². The van der Waals surface area contributed by atoms with Crippen molar-refractivity contribution in [3.63, 3.8) is 0 Å². The zero-order valence-electron chi connectivity index (χ0n) is 27.8. The first-order valence-electron chi connectivity index (χ1n) is 16.7. The van der Waals surface area contributed by atoms with E-state index in [0.717, 1.165) is 32.8 Å². The van der Waals surface area contributed by atoms with Crippen LogP contribution in [0.3, 0.4) is 0 Å². The van der Waals surface area contributed by atoms with Gasteiger partial charge in [0.15, 0.2) is 5.65 Å². The molecule has 3 aliphatic heterocycles. The highest BCUT2D eigenvalue weighted by molar-refractivity contribution is 5.99. The molecule has 12 nitrogen and oxygen atoms in total. The van der Waals surface area contributed by atoms with E-state index in [1.54, 1.807) is 33.8 Å². The highest BCUT2D eigenvalue weighted by atomic mass is 19.1. The molecule has 7 rings (SSSR count). The first kappa shape index (κ1) is 32.6. The first-order valence-corrected chi connectivity index (χ1v) is 16.7. The Hall–Kier alpha value is -4.90. The number of rotatable bonds is 7. The van der Waals surface area contributed by atoms with Crippen molar-refractivity contribution in [1.29, 1.82) is 5.26 Å². The number of amides is 1. The lowest BCUT2D eigenvalue weighted by Crippen LogP contribution is -2.61. The molecule has 3 saturated heterocycles. The number of aromatic nitrogens is 4. The molecule has 0 bridgehead atoms. The number of anilines is 1. The van der Waals surface area contributed by atoms with Crippen molar-refractivity contribution in [1.82, 2.24) is 34.4 Å². The zero-order valence-corrected chi connectivity index (χ0v) is 27.8. The third-order valence-electron chi connectivity index (χ3n) is 9.82. The summed E-state index contributed by atoms with van der Waals surface area (Å²) < 4.78 is 28.9. The molecule has 0 aliphatic carbocycles. The molecule has 13 heteroatoms. The summed E-state index contributed by atoms with van der Waals surface area (Å²) in [6.07, 6.45) is 4.57. The van der Waals surface area contributed by atoms with Crippen molar-refractivity contribution in [2.75, 3.05) is 58.2 Å². The number of nitrogens with zero attached hydrogens (tertiary/aromatic N) is 8. The summed E-state index contributed by atoms with van der Waals surface area (Å²) in [6, 6.07) is 16.0. The Morgan fingerprint density at radius 2 is 1.92 bits per heavy atom. The molecule has 0 unspecified atom stereocenters. The SMILES string of the molecule is CC(C)(C=C(C#N)C(=O)N1CCC[C@@H](n2nc(-c3ccc(Oc4ccccc4)cc3F)c3c(N)ncnc32)C1)N1CCN2CCOC[C@H]2C1. The van der Waals surface area contributed by atoms with E-state index in [1.165, 1.54) is 12.4 Å². The molecular weight excluding hydrogens is 625 g/mol. The van der Waals surface area contributed by atoms with Crippen molar-refractivity contribution in [3.05, 3.63) is 72.3 Å². The molecule has 4 aromatic rings. The Labute approximate surface area is 284 Å². The summed E-state index contributed by atoms with van der Waals surface area (Å²) in [7, 11) is 0. The molecule has 2 aromatic carbocycles. The number of hydrogen-bond acceptors (Lipinski definition) is 10. The number of ether oxygens (including phenoxy) is 2. The van der Waals surface area contributed by atoms with E-state index in [9.17, 15) is 10.1 Å². The van der Waals surface area contributed by atoms with Gasteiger partial charge in [-0.2, -0.15) is 10.4 Å². The first-order chi connectivity index (χ1) is 23.7. The molecule has 2 aromatic heterocycles. The van der Waals surface area contributed by atoms with Crippen molar-refractivity contribution in [2.24, 2.45) is 0 Å². The third-order valence-corrected chi connectivity index (χ3v) is 9.82. The average Bonchev–Trinajstić information content (AvgIpc) is 3.51. The van der Waals surface area contributed by atoms with Crippen molar-refractivity contribution >= 4 is 22.8 Å². The maximum atomic E-state index is 15.7. The molecule has 0 radical (unpaired) electrons. The Kier molecular flexibility index (Phi) is 9.02. The minimum atomic E-state index is -0.535. The molecule has 1 amide bonds. The number of para-hydroxylation sites is 1. The summed E-state index contributed by atoms with van der Waals surface area (Å²) in [5, 5.41) is 15.5. The lowest BCUT2D eigenvalue weighted by atomic mass is 9.95. The maximum absolute atomic E-state index is 15.7. The lowest BCUT2D eigenvalue weighted by Gasteiger charge is -2.48. The molecule has 2 N–H and O–H groups in total. The minimum Gasteiger partial charge on any atom is -0.457 e. The van der Waals surface area contributed by atoms with Crippen molar-refractivity contribution < 1.29 is 18.7 Å². The van der Waals surface area contributed by atoms with Crippen LogP contribution in [0.5, 0.6) is 11.5 Å². The molecular formula is C36H40FN9O3. The smallest absolute Gasteiger partial charge is 0.264 e. The largest absolute Gasteiger partial charge is 0.457 e. The number of benzene rings is 2. The Morgan fingerprint density at radius 1 is 1.08 bits per heavy atom. The second-order valence-electron chi connectivity index (χ2n) is 13.4. The van der Waals surface area contributed by atoms with E-state index in [0.29, 0.717) is 66.8 Å². The van der Waals surface area contributed by atoms with E-state index in [1.807, 2.05) is 24.3 Å². The van der Waals surface area contributed by atoms with Gasteiger partial charge in [-0.25, -0.2) is 19.0 Å². The highest BCUT2D eigenvalue weighted by Gasteiger charge is 2.37. The number of carbonyl (C=O) groups is 1. The number of piperazine rings is 1. The molecule has 3 fully saturated rings. The van der Waals surface area contributed by atoms with Gasteiger partial charge in [0.05, 0.1) is 24.6 Å². The van der Waals surface area contributed by atoms with Crippen LogP contribution in [0.2, 0.25) is 0 Å². The van der Waals surface area contributed by atoms with Gasteiger partial charge in [0, 0.05) is 62.5 Å². The summed E-state index contributed by atoms with van der Waals surface area (Å²) >= 11 is 0. The number of fused-ring (bicyclic) bond motifs is 2. The minimum absolute atomic E-state index is 0.116. The summed E-state index contributed by atoms with van der Waals surface area (Å²) in [5.41, 5.74) is 6.93. The van der Waals surface area contributed by atoms with Crippen LogP contribution in [0.25, 0.3) is 22.3 Å². The molecule has 49 heavy (non-hydrogen) atoms. The number of halogens is 1. The second-order valence-corrected chi connectivity index (χ2v) is 13.4. The second kappa shape index (κ2) is 13.5. The molecule has 3 aliphatic rings. The van der Waals surface area contributed by atoms with Crippen LogP contribution >= 0.6 is 0 Å². The van der Waals surface area contributed by atoms with Gasteiger partial charge in [-0.3, -0.25) is 14.6 Å². The molecule has 0 saturated carbocycles. The van der Waals surface area contributed by atoms with Gasteiger partial charge in [-0.15, -0.1) is 0 Å². The van der Waals surface area contributed by atoms with Gasteiger partial charge >= 0.3 is 0 Å². The van der Waals surface area contributed by atoms with E-state index < -0.39 is 11.4 Å². The summed E-state index contributed by atoms with van der Waals surface area (Å²) in [6.45, 7) is 9.89. The van der Waals surface area contributed by atoms with Crippen molar-refractivity contribution in [3.8, 4) is 28.8 Å². The van der Waals surface area contributed by atoms with Crippen LogP contribution in [-0.2, 0) is 9.53 Å².